The van der Waals surface area contributed by atoms with Crippen LogP contribution in [0.4, 0.5) is 35.1 Å². The van der Waals surface area contributed by atoms with E-state index in [9.17, 15) is 53.1 Å². The highest BCUT2D eigenvalue weighted by Crippen LogP contribution is 2.42. The summed E-state index contributed by atoms with van der Waals surface area (Å²) in [5.41, 5.74) is 0. The fourth-order valence-corrected chi connectivity index (χ4v) is 2.35. The minimum Gasteiger partial charge on any atom is -0.410 e. The van der Waals surface area contributed by atoms with Gasteiger partial charge in [-0.2, -0.15) is 43.5 Å². The van der Waals surface area contributed by atoms with Gasteiger partial charge in [0, 0.05) is 20.5 Å². The molecule has 182 valence electrons. The predicted octanol–water partition coefficient (Wildman–Crippen LogP) is 2.66. The Kier molecular flexibility index (Phi) is 9.02. The number of hydrogen-bond donors (Lipinski definition) is 1. The summed E-state index contributed by atoms with van der Waals surface area (Å²) in [6, 6.07) is 0. The van der Waals surface area contributed by atoms with Crippen LogP contribution in [0.2, 0.25) is 0 Å². The Morgan fingerprint density at radius 2 is 1.52 bits per heavy atom. The van der Waals surface area contributed by atoms with E-state index in [1.54, 1.807) is 0 Å². The molecule has 0 saturated heterocycles. The van der Waals surface area contributed by atoms with Gasteiger partial charge >= 0.3 is 45.1 Å². The number of amides is 1. The number of alkyl halides is 7. The van der Waals surface area contributed by atoms with Crippen LogP contribution in [-0.4, -0.2) is 73.6 Å². The third kappa shape index (κ3) is 6.49. The first-order valence-electron chi connectivity index (χ1n) is 7.87. The number of likely N-dealkylation sites (N-methyl/N-ethyl adjacent to an activating group) is 1. The second-order valence-electron chi connectivity index (χ2n) is 6.11. The van der Waals surface area contributed by atoms with E-state index in [-0.39, 0.29) is 4.90 Å². The van der Waals surface area contributed by atoms with Crippen LogP contribution >= 0.6 is 0 Å². The lowest BCUT2D eigenvalue weighted by Gasteiger charge is -2.34. The molecule has 0 aromatic rings. The molecule has 0 rings (SSSR count). The zero-order valence-corrected chi connectivity index (χ0v) is 16.6. The van der Waals surface area contributed by atoms with E-state index in [1.807, 2.05) is 0 Å². The van der Waals surface area contributed by atoms with Gasteiger partial charge in [0.15, 0.2) is 0 Å². The molecular formula is C14H17F8NO7S. The maximum atomic E-state index is 13.5. The van der Waals surface area contributed by atoms with Crippen molar-refractivity contribution in [1.82, 2.24) is 4.90 Å². The second kappa shape index (κ2) is 9.64. The Morgan fingerprint density at radius 1 is 1.03 bits per heavy atom. The summed E-state index contributed by atoms with van der Waals surface area (Å²) in [6.45, 7) is 1.09. The van der Waals surface area contributed by atoms with Gasteiger partial charge in [-0.3, -0.25) is 9.35 Å². The zero-order valence-electron chi connectivity index (χ0n) is 15.8. The van der Waals surface area contributed by atoms with Gasteiger partial charge in [0.1, 0.15) is 0 Å². The number of nitrogens with zero attached hydrogens (tertiary/aromatic N) is 1. The Hall–Kier alpha value is -2.01. The summed E-state index contributed by atoms with van der Waals surface area (Å²) in [7, 11) is -4.94. The molecule has 0 aliphatic carbocycles. The molecule has 0 aromatic heterocycles. The summed E-state index contributed by atoms with van der Waals surface area (Å²) in [4.78, 5) is 23.5. The summed E-state index contributed by atoms with van der Waals surface area (Å²) in [6.07, 6.45) is -9.73. The number of carbonyl (C=O) groups excluding carboxylic acids is 2. The van der Waals surface area contributed by atoms with Gasteiger partial charge in [-0.25, -0.2) is 4.79 Å². The Balaban J connectivity index is 5.49. The molecule has 0 aromatic carbocycles. The third-order valence-electron chi connectivity index (χ3n) is 3.46. The third-order valence-corrected chi connectivity index (χ3v) is 4.41. The summed E-state index contributed by atoms with van der Waals surface area (Å²) in [5.74, 6) is -16.1. The fraction of sp³-hybridized carbons (Fsp3) is 0.714. The summed E-state index contributed by atoms with van der Waals surface area (Å²) in [5, 5.41) is -5.88. The smallest absolute Gasteiger partial charge is 0.410 e. The van der Waals surface area contributed by atoms with Crippen molar-refractivity contribution in [3.8, 4) is 0 Å². The van der Waals surface area contributed by atoms with Crippen molar-refractivity contribution >= 4 is 22.0 Å². The largest absolute Gasteiger partial charge is 0.466 e. The van der Waals surface area contributed by atoms with E-state index < -0.39 is 76.8 Å². The van der Waals surface area contributed by atoms with E-state index >= 15 is 0 Å². The van der Waals surface area contributed by atoms with Crippen LogP contribution in [0.1, 0.15) is 19.3 Å². The molecule has 0 spiro atoms. The van der Waals surface area contributed by atoms with E-state index in [2.05, 4.69) is 16.1 Å². The van der Waals surface area contributed by atoms with Crippen LogP contribution < -0.4 is 0 Å². The van der Waals surface area contributed by atoms with Gasteiger partial charge in [-0.05, 0) is 12.8 Å². The van der Waals surface area contributed by atoms with E-state index in [4.69, 9.17) is 4.55 Å². The highest BCUT2D eigenvalue weighted by atomic mass is 32.2. The van der Waals surface area contributed by atoms with Crippen molar-refractivity contribution in [2.45, 2.75) is 42.4 Å². The van der Waals surface area contributed by atoms with Crippen LogP contribution in [0, 0.1) is 0 Å². The lowest BCUT2D eigenvalue weighted by atomic mass is 10.1. The maximum Gasteiger partial charge on any atom is 0.466 e. The average molecular weight is 495 g/mol. The highest BCUT2D eigenvalue weighted by molar-refractivity contribution is 7.87. The van der Waals surface area contributed by atoms with Crippen LogP contribution in [0.3, 0.4) is 0 Å². The van der Waals surface area contributed by atoms with Gasteiger partial charge < -0.3 is 14.4 Å². The molecule has 0 heterocycles. The first-order chi connectivity index (χ1) is 13.6. The van der Waals surface area contributed by atoms with Gasteiger partial charge in [-0.15, -0.1) is 0 Å². The first kappa shape index (κ1) is 29.0. The number of hydrogen-bond acceptors (Lipinski definition) is 6. The predicted molar refractivity (Wildman–Crippen MR) is 85.1 cm³/mol. The number of ether oxygens (including phenoxy) is 2. The minimum atomic E-state index is -6.50. The fourth-order valence-electron chi connectivity index (χ4n) is 1.88. The van der Waals surface area contributed by atoms with Crippen LogP contribution in [0.5, 0.6) is 0 Å². The monoisotopic (exact) mass is 495 g/mol. The SMILES string of the molecule is C=C(F)C(=O)OC(OCCCCC(F)(F)C(F)(F)S(=O)(=O)O)(C(=O)N(C)C)C(F)(F)F. The molecule has 0 aliphatic heterocycles. The molecule has 8 nitrogen and oxygen atoms in total. The van der Waals surface area contributed by atoms with Crippen molar-refractivity contribution < 1.29 is 67.2 Å². The molecule has 0 radical (unpaired) electrons. The first-order valence-corrected chi connectivity index (χ1v) is 9.31. The van der Waals surface area contributed by atoms with Gasteiger partial charge in [0.25, 0.3) is 0 Å². The van der Waals surface area contributed by atoms with Crippen LogP contribution in [0.25, 0.3) is 0 Å². The van der Waals surface area contributed by atoms with Crippen molar-refractivity contribution in [3.63, 3.8) is 0 Å². The standard InChI is InChI=1S/C14H17F8NO7S/c1-8(15)9(24)30-12(13(18,19)20,10(25)23(2)3)29-7-5-4-6-11(16,17)14(21,22)31(26,27)28/h1,4-7H2,2-3H3,(H,26,27,28). The molecule has 1 unspecified atom stereocenters. The molecule has 1 N–H and O–H groups in total. The van der Waals surface area contributed by atoms with Crippen molar-refractivity contribution in [1.29, 1.82) is 0 Å². The van der Waals surface area contributed by atoms with Crippen molar-refractivity contribution in [3.05, 3.63) is 12.4 Å². The molecule has 0 bridgehead atoms. The Labute approximate surface area is 170 Å². The van der Waals surface area contributed by atoms with E-state index in [1.165, 1.54) is 0 Å². The quantitative estimate of drug-likeness (QED) is 0.117. The Morgan fingerprint density at radius 3 is 1.87 bits per heavy atom. The number of halogens is 8. The molecule has 0 saturated carbocycles. The minimum absolute atomic E-state index is 0.253. The summed E-state index contributed by atoms with van der Waals surface area (Å²) >= 11 is 0. The van der Waals surface area contributed by atoms with Gasteiger partial charge in [0.2, 0.25) is 5.83 Å². The topological polar surface area (TPSA) is 110 Å². The maximum absolute atomic E-state index is 13.5. The van der Waals surface area contributed by atoms with Crippen molar-refractivity contribution in [2.24, 2.45) is 0 Å². The molecule has 31 heavy (non-hydrogen) atoms. The molecule has 1 amide bonds. The van der Waals surface area contributed by atoms with E-state index in [0.29, 0.717) is 0 Å². The zero-order chi connectivity index (χ0) is 25.1. The lowest BCUT2D eigenvalue weighted by Crippen LogP contribution is -2.61. The van der Waals surface area contributed by atoms with Gasteiger partial charge in [-0.1, -0.05) is 6.58 Å². The van der Waals surface area contributed by atoms with Crippen LogP contribution in [-0.2, 0) is 29.2 Å². The van der Waals surface area contributed by atoms with E-state index in [0.717, 1.165) is 14.1 Å². The summed E-state index contributed by atoms with van der Waals surface area (Å²) < 4.78 is 143. The molecule has 0 aliphatic rings. The molecule has 17 heteroatoms. The highest BCUT2D eigenvalue weighted by Gasteiger charge is 2.67. The van der Waals surface area contributed by atoms with Crippen LogP contribution in [0.15, 0.2) is 12.4 Å². The lowest BCUT2D eigenvalue weighted by molar-refractivity contribution is -0.350. The van der Waals surface area contributed by atoms with Crippen molar-refractivity contribution in [2.75, 3.05) is 20.7 Å². The number of rotatable bonds is 11. The molecular weight excluding hydrogens is 478 g/mol. The molecule has 1 atom stereocenters. The average Bonchev–Trinajstić information content (AvgIpc) is 2.56. The number of unbranched alkanes of at least 4 members (excludes halogenated alkanes) is 1. The normalized spacial score (nSPS) is 15.2. The van der Waals surface area contributed by atoms with Gasteiger partial charge in [0.05, 0.1) is 6.61 Å². The number of esters is 1. The number of carbonyl (C=O) groups is 2. The molecule has 0 fully saturated rings. The second-order valence-corrected chi connectivity index (χ2v) is 7.57. The Bertz CT molecular complexity index is 797.